The molecular formula is C6H13N3O5S. The van der Waals surface area contributed by atoms with Crippen LogP contribution in [-0.4, -0.2) is 56.9 Å². The maximum atomic E-state index is 11.1. The summed E-state index contributed by atoms with van der Waals surface area (Å²) in [5.74, 6) is -1.90. The van der Waals surface area contributed by atoms with Gasteiger partial charge in [0.2, 0.25) is 5.91 Å². The third kappa shape index (κ3) is 5.99. The summed E-state index contributed by atoms with van der Waals surface area (Å²) in [7, 11) is -1.05. The van der Waals surface area contributed by atoms with Gasteiger partial charge < -0.3 is 10.4 Å². The minimum Gasteiger partial charge on any atom is -0.480 e. The fourth-order valence-corrected chi connectivity index (χ4v) is 1.09. The fraction of sp³-hybridized carbons (Fsp3) is 0.667. The van der Waals surface area contributed by atoms with Gasteiger partial charge in [-0.25, -0.2) is 0 Å². The Morgan fingerprint density at radius 1 is 1.27 bits per heavy atom. The van der Waals surface area contributed by atoms with Gasteiger partial charge in [-0.05, 0) is 0 Å². The second-order valence-electron chi connectivity index (χ2n) is 2.78. The molecule has 0 radical (unpaired) electrons. The maximum absolute atomic E-state index is 11.1. The number of rotatable bonds is 6. The lowest BCUT2D eigenvalue weighted by molar-refractivity contribution is -0.137. The Bertz CT molecular complexity index is 337. The monoisotopic (exact) mass is 239 g/mol. The van der Waals surface area contributed by atoms with E-state index in [0.717, 1.165) is 4.31 Å². The molecule has 0 bridgehead atoms. The summed E-state index contributed by atoms with van der Waals surface area (Å²) in [5.41, 5.74) is 0. The molecule has 0 spiro atoms. The lowest BCUT2D eigenvalue weighted by atomic mass is 10.5. The number of hydrogen-bond donors (Lipinski definition) is 3. The summed E-state index contributed by atoms with van der Waals surface area (Å²) >= 11 is 0. The van der Waals surface area contributed by atoms with Gasteiger partial charge in [0.15, 0.2) is 0 Å². The first-order chi connectivity index (χ1) is 6.75. The highest BCUT2D eigenvalue weighted by Gasteiger charge is 2.14. The van der Waals surface area contributed by atoms with E-state index in [0.29, 0.717) is 0 Å². The van der Waals surface area contributed by atoms with E-state index in [1.807, 2.05) is 10.0 Å². The van der Waals surface area contributed by atoms with Crippen LogP contribution in [0.3, 0.4) is 0 Å². The van der Waals surface area contributed by atoms with Crippen LogP contribution in [0.1, 0.15) is 0 Å². The average Bonchev–Trinajstić information content (AvgIpc) is 2.11. The SMILES string of the molecule is CN(C)S(=O)(=O)NCC(=O)NCC(=O)O. The smallest absolute Gasteiger partial charge is 0.322 e. The second-order valence-corrected chi connectivity index (χ2v) is 4.75. The molecule has 0 saturated carbocycles. The Kier molecular flexibility index (Phi) is 5.19. The van der Waals surface area contributed by atoms with E-state index in [4.69, 9.17) is 5.11 Å². The van der Waals surface area contributed by atoms with Crippen molar-refractivity contribution >= 4 is 22.1 Å². The molecule has 0 rings (SSSR count). The summed E-state index contributed by atoms with van der Waals surface area (Å²) in [4.78, 5) is 20.9. The second kappa shape index (κ2) is 5.63. The molecule has 0 heterocycles. The molecule has 0 aliphatic rings. The Hall–Kier alpha value is -1.19. The highest BCUT2D eigenvalue weighted by atomic mass is 32.2. The topological polar surface area (TPSA) is 116 Å². The van der Waals surface area contributed by atoms with Crippen LogP contribution in [0.2, 0.25) is 0 Å². The third-order valence-corrected chi connectivity index (χ3v) is 2.80. The van der Waals surface area contributed by atoms with Gasteiger partial charge in [0.05, 0.1) is 6.54 Å². The maximum Gasteiger partial charge on any atom is 0.322 e. The van der Waals surface area contributed by atoms with Crippen molar-refractivity contribution in [2.75, 3.05) is 27.2 Å². The molecule has 0 aliphatic heterocycles. The number of nitrogens with zero attached hydrogens (tertiary/aromatic N) is 1. The molecule has 88 valence electrons. The average molecular weight is 239 g/mol. The molecule has 0 unspecified atom stereocenters. The van der Waals surface area contributed by atoms with E-state index in [1.54, 1.807) is 0 Å². The Morgan fingerprint density at radius 2 is 1.80 bits per heavy atom. The Balaban J connectivity index is 3.97. The van der Waals surface area contributed by atoms with Crippen LogP contribution in [-0.2, 0) is 19.8 Å². The number of aliphatic carboxylic acids is 1. The summed E-state index contributed by atoms with van der Waals surface area (Å²) in [5, 5.41) is 10.2. The zero-order chi connectivity index (χ0) is 12.1. The quantitative estimate of drug-likeness (QED) is 0.477. The summed E-state index contributed by atoms with van der Waals surface area (Å²) in [6.07, 6.45) is 0. The number of carboxylic acids is 1. The number of nitrogens with one attached hydrogen (secondary N) is 2. The molecule has 9 heteroatoms. The van der Waals surface area contributed by atoms with Gasteiger partial charge in [-0.15, -0.1) is 0 Å². The van der Waals surface area contributed by atoms with Crippen molar-refractivity contribution in [2.24, 2.45) is 0 Å². The van der Waals surface area contributed by atoms with Gasteiger partial charge >= 0.3 is 5.97 Å². The van der Waals surface area contributed by atoms with Crippen LogP contribution in [0.5, 0.6) is 0 Å². The molecule has 0 aliphatic carbocycles. The minimum absolute atomic E-state index is 0.492. The normalized spacial score (nSPS) is 11.4. The lowest BCUT2D eigenvalue weighted by Gasteiger charge is -2.11. The zero-order valence-corrected chi connectivity index (χ0v) is 9.17. The molecule has 15 heavy (non-hydrogen) atoms. The molecule has 8 nitrogen and oxygen atoms in total. The molecule has 0 aromatic heterocycles. The van der Waals surface area contributed by atoms with Crippen LogP contribution < -0.4 is 10.0 Å². The predicted octanol–water partition coefficient (Wildman–Crippen LogP) is -2.42. The number of hydrogen-bond acceptors (Lipinski definition) is 4. The largest absolute Gasteiger partial charge is 0.480 e. The molecule has 0 aromatic rings. The minimum atomic E-state index is -3.66. The van der Waals surface area contributed by atoms with Crippen LogP contribution in [0.25, 0.3) is 0 Å². The van der Waals surface area contributed by atoms with Gasteiger partial charge in [0.1, 0.15) is 6.54 Å². The van der Waals surface area contributed by atoms with Crippen molar-refractivity contribution < 1.29 is 23.1 Å². The van der Waals surface area contributed by atoms with Crippen molar-refractivity contribution in [3.05, 3.63) is 0 Å². The third-order valence-electron chi connectivity index (χ3n) is 1.33. The van der Waals surface area contributed by atoms with Crippen molar-refractivity contribution in [1.29, 1.82) is 0 Å². The van der Waals surface area contributed by atoms with E-state index in [-0.39, 0.29) is 0 Å². The molecule has 0 fully saturated rings. The van der Waals surface area contributed by atoms with Gasteiger partial charge in [-0.2, -0.15) is 17.4 Å². The van der Waals surface area contributed by atoms with Gasteiger partial charge in [0, 0.05) is 14.1 Å². The van der Waals surface area contributed by atoms with E-state index < -0.39 is 35.2 Å². The van der Waals surface area contributed by atoms with E-state index in [9.17, 15) is 18.0 Å². The highest BCUT2D eigenvalue weighted by Crippen LogP contribution is 1.86. The van der Waals surface area contributed by atoms with Crippen molar-refractivity contribution in [3.8, 4) is 0 Å². The molecule has 0 atom stereocenters. The molecule has 0 saturated heterocycles. The van der Waals surface area contributed by atoms with Gasteiger partial charge in [-0.3, -0.25) is 9.59 Å². The van der Waals surface area contributed by atoms with Crippen molar-refractivity contribution in [3.63, 3.8) is 0 Å². The zero-order valence-electron chi connectivity index (χ0n) is 8.35. The summed E-state index contributed by atoms with van der Waals surface area (Å²) < 4.78 is 25.1. The lowest BCUT2D eigenvalue weighted by Crippen LogP contribution is -2.43. The first kappa shape index (κ1) is 13.8. The van der Waals surface area contributed by atoms with Crippen LogP contribution in [0, 0.1) is 0 Å². The fourth-order valence-electron chi connectivity index (χ4n) is 0.523. The van der Waals surface area contributed by atoms with E-state index in [1.165, 1.54) is 14.1 Å². The predicted molar refractivity (Wildman–Crippen MR) is 51.3 cm³/mol. The number of carbonyl (C=O) groups is 2. The van der Waals surface area contributed by atoms with Crippen LogP contribution in [0.15, 0.2) is 0 Å². The number of carbonyl (C=O) groups excluding carboxylic acids is 1. The molecule has 1 amide bonds. The first-order valence-corrected chi connectivity index (χ1v) is 5.35. The first-order valence-electron chi connectivity index (χ1n) is 3.91. The molecular weight excluding hydrogens is 226 g/mol. The van der Waals surface area contributed by atoms with E-state index >= 15 is 0 Å². The van der Waals surface area contributed by atoms with E-state index in [2.05, 4.69) is 0 Å². The van der Waals surface area contributed by atoms with Crippen LogP contribution >= 0.6 is 0 Å². The van der Waals surface area contributed by atoms with Gasteiger partial charge in [-0.1, -0.05) is 0 Å². The van der Waals surface area contributed by atoms with Crippen molar-refractivity contribution in [2.45, 2.75) is 0 Å². The number of carboxylic acid groups (broad SMARTS) is 1. The number of amides is 1. The van der Waals surface area contributed by atoms with Crippen molar-refractivity contribution in [1.82, 2.24) is 14.3 Å². The highest BCUT2D eigenvalue weighted by molar-refractivity contribution is 7.87. The van der Waals surface area contributed by atoms with Crippen LogP contribution in [0.4, 0.5) is 0 Å². The molecule has 3 N–H and O–H groups in total. The Morgan fingerprint density at radius 3 is 2.20 bits per heavy atom. The standard InChI is InChI=1S/C6H13N3O5S/c1-9(2)15(13,14)8-3-5(10)7-4-6(11)12/h8H,3-4H2,1-2H3,(H,7,10)(H,11,12). The van der Waals surface area contributed by atoms with Gasteiger partial charge in [0.25, 0.3) is 10.2 Å². The summed E-state index contributed by atoms with van der Waals surface area (Å²) in [6, 6.07) is 0. The molecule has 0 aromatic carbocycles. The Labute approximate surface area is 87.4 Å². The summed E-state index contributed by atoms with van der Waals surface area (Å²) in [6.45, 7) is -1.03.